The molecule has 5 heteroatoms. The Labute approximate surface area is 96.8 Å². The van der Waals surface area contributed by atoms with E-state index in [-0.39, 0.29) is 0 Å². The van der Waals surface area contributed by atoms with E-state index in [9.17, 15) is 0 Å². The molecule has 1 aromatic heterocycles. The van der Waals surface area contributed by atoms with E-state index in [4.69, 9.17) is 4.52 Å². The van der Waals surface area contributed by atoms with Crippen LogP contribution in [0.25, 0.3) is 11.5 Å². The first-order chi connectivity index (χ1) is 6.27. The van der Waals surface area contributed by atoms with Gasteiger partial charge in [0, 0.05) is 3.57 Å². The van der Waals surface area contributed by atoms with Crippen LogP contribution in [0.4, 0.5) is 0 Å². The van der Waals surface area contributed by atoms with Crippen molar-refractivity contribution in [3.8, 4) is 11.5 Å². The zero-order valence-electron chi connectivity index (χ0n) is 6.37. The van der Waals surface area contributed by atoms with Gasteiger partial charge >= 0.3 is 0 Å². The Kier molecular flexibility index (Phi) is 2.63. The molecule has 0 aliphatic heterocycles. The average Bonchev–Trinajstić information content (AvgIpc) is 2.53. The molecule has 0 N–H and O–H groups in total. The quantitative estimate of drug-likeness (QED) is 0.742. The van der Waals surface area contributed by atoms with Gasteiger partial charge in [-0.1, -0.05) is 12.1 Å². The molecule has 0 fully saturated rings. The Morgan fingerprint density at radius 3 is 2.69 bits per heavy atom. The molecule has 1 heterocycles. The molecule has 0 amide bonds. The van der Waals surface area contributed by atoms with Crippen molar-refractivity contribution in [1.29, 1.82) is 0 Å². The topological polar surface area (TPSA) is 38.9 Å². The molecule has 2 aromatic rings. The minimum Gasteiger partial charge on any atom is -0.333 e. The number of hydrogen-bond donors (Lipinski definition) is 0. The van der Waals surface area contributed by atoms with Gasteiger partial charge in [-0.15, -0.1) is 0 Å². The maximum absolute atomic E-state index is 5.02. The van der Waals surface area contributed by atoms with Crippen LogP contribution in [0.2, 0.25) is 0 Å². The summed E-state index contributed by atoms with van der Waals surface area (Å²) in [4.78, 5) is 4.08. The smallest absolute Gasteiger partial charge is 0.259 e. The van der Waals surface area contributed by atoms with E-state index in [1.807, 2.05) is 24.3 Å². The van der Waals surface area contributed by atoms with E-state index < -0.39 is 0 Å². The fraction of sp³-hybridized carbons (Fsp3) is 0. The van der Waals surface area contributed by atoms with Gasteiger partial charge in [0.15, 0.2) is 0 Å². The van der Waals surface area contributed by atoms with Crippen LogP contribution in [0, 0.1) is 3.57 Å². The highest BCUT2D eigenvalue weighted by Gasteiger charge is 2.08. The van der Waals surface area contributed by atoms with Gasteiger partial charge in [-0.05, 0) is 55.8 Å². The second kappa shape index (κ2) is 3.75. The van der Waals surface area contributed by atoms with Crippen LogP contribution >= 0.6 is 38.5 Å². The predicted octanol–water partition coefficient (Wildman–Crippen LogP) is 3.10. The van der Waals surface area contributed by atoms with Crippen LogP contribution < -0.4 is 0 Å². The van der Waals surface area contributed by atoms with E-state index in [0.717, 1.165) is 9.13 Å². The van der Waals surface area contributed by atoms with Crippen LogP contribution in [-0.4, -0.2) is 10.1 Å². The number of benzene rings is 1. The zero-order valence-corrected chi connectivity index (χ0v) is 10.1. The standard InChI is InChI=1S/C8H4BrIN2O/c9-8-11-7(13-12-8)5-3-1-2-4-6(5)10/h1-4H. The third-order valence-electron chi connectivity index (χ3n) is 1.51. The maximum Gasteiger partial charge on any atom is 0.259 e. The first kappa shape index (κ1) is 9.14. The van der Waals surface area contributed by atoms with Crippen LogP contribution in [-0.2, 0) is 0 Å². The molecule has 0 bridgehead atoms. The lowest BCUT2D eigenvalue weighted by Gasteiger charge is -1.95. The lowest BCUT2D eigenvalue weighted by atomic mass is 10.2. The van der Waals surface area contributed by atoms with Crippen molar-refractivity contribution in [3.63, 3.8) is 0 Å². The summed E-state index contributed by atoms with van der Waals surface area (Å²) >= 11 is 5.37. The summed E-state index contributed by atoms with van der Waals surface area (Å²) < 4.78 is 6.59. The fourth-order valence-electron chi connectivity index (χ4n) is 0.950. The van der Waals surface area contributed by atoms with Crippen molar-refractivity contribution in [2.75, 3.05) is 0 Å². The van der Waals surface area contributed by atoms with Crippen LogP contribution in [0.5, 0.6) is 0 Å². The number of aromatic nitrogens is 2. The van der Waals surface area contributed by atoms with Crippen molar-refractivity contribution in [3.05, 3.63) is 32.6 Å². The number of hydrogen-bond acceptors (Lipinski definition) is 3. The molecule has 3 nitrogen and oxygen atoms in total. The van der Waals surface area contributed by atoms with Gasteiger partial charge in [0.2, 0.25) is 4.73 Å². The SMILES string of the molecule is Brc1noc(-c2ccccc2I)n1. The molecular weight excluding hydrogens is 347 g/mol. The fourth-order valence-corrected chi connectivity index (χ4v) is 1.80. The van der Waals surface area contributed by atoms with Crippen molar-refractivity contribution in [2.45, 2.75) is 0 Å². The minimum atomic E-state index is 0.474. The van der Waals surface area contributed by atoms with E-state index in [1.54, 1.807) is 0 Å². The van der Waals surface area contributed by atoms with E-state index >= 15 is 0 Å². The molecule has 2 rings (SSSR count). The van der Waals surface area contributed by atoms with Crippen LogP contribution in [0.1, 0.15) is 0 Å². The predicted molar refractivity (Wildman–Crippen MR) is 60.2 cm³/mol. The lowest BCUT2D eigenvalue weighted by molar-refractivity contribution is 0.426. The van der Waals surface area contributed by atoms with Crippen molar-refractivity contribution in [2.24, 2.45) is 0 Å². The maximum atomic E-state index is 5.02. The zero-order chi connectivity index (χ0) is 9.26. The summed E-state index contributed by atoms with van der Waals surface area (Å²) in [7, 11) is 0. The molecule has 0 aliphatic rings. The second-order valence-electron chi connectivity index (χ2n) is 2.35. The molecule has 1 aromatic carbocycles. The Bertz CT molecular complexity index is 430. The first-order valence-electron chi connectivity index (χ1n) is 3.51. The summed E-state index contributed by atoms with van der Waals surface area (Å²) in [5.74, 6) is 0.539. The number of rotatable bonds is 1. The average molecular weight is 351 g/mol. The summed E-state index contributed by atoms with van der Waals surface area (Å²) in [6, 6.07) is 7.85. The molecule has 0 unspecified atom stereocenters. The molecule has 0 atom stereocenters. The molecule has 0 radical (unpaired) electrons. The third-order valence-corrected chi connectivity index (χ3v) is 2.77. The summed E-state index contributed by atoms with van der Waals surface area (Å²) in [6.07, 6.45) is 0. The van der Waals surface area contributed by atoms with Gasteiger partial charge < -0.3 is 4.52 Å². The Morgan fingerprint density at radius 1 is 1.31 bits per heavy atom. The van der Waals surface area contributed by atoms with Crippen LogP contribution in [0.15, 0.2) is 33.5 Å². The molecule has 13 heavy (non-hydrogen) atoms. The molecule has 0 saturated carbocycles. The highest BCUT2D eigenvalue weighted by molar-refractivity contribution is 14.1. The number of nitrogens with zero attached hydrogens (tertiary/aromatic N) is 2. The van der Waals surface area contributed by atoms with Crippen molar-refractivity contribution < 1.29 is 4.52 Å². The van der Waals surface area contributed by atoms with Crippen LogP contribution in [0.3, 0.4) is 0 Å². The highest BCUT2D eigenvalue weighted by Crippen LogP contribution is 2.23. The van der Waals surface area contributed by atoms with Crippen molar-refractivity contribution >= 4 is 38.5 Å². The summed E-state index contributed by atoms with van der Waals surface area (Å²) in [5, 5.41) is 3.66. The molecule has 0 aliphatic carbocycles. The molecule has 0 spiro atoms. The largest absolute Gasteiger partial charge is 0.333 e. The molecule has 66 valence electrons. The van der Waals surface area contributed by atoms with Gasteiger partial charge in [-0.2, -0.15) is 4.98 Å². The lowest BCUT2D eigenvalue weighted by Crippen LogP contribution is -1.80. The molecular formula is C8H4BrIN2O. The Hall–Kier alpha value is -0.430. The minimum absolute atomic E-state index is 0.474. The third kappa shape index (κ3) is 1.91. The van der Waals surface area contributed by atoms with Gasteiger partial charge in [0.05, 0.1) is 5.56 Å². The Balaban J connectivity index is 2.52. The normalized spacial score (nSPS) is 10.3. The summed E-state index contributed by atoms with van der Waals surface area (Å²) in [5.41, 5.74) is 0.960. The van der Waals surface area contributed by atoms with E-state index in [1.165, 1.54) is 0 Å². The Morgan fingerprint density at radius 2 is 2.08 bits per heavy atom. The van der Waals surface area contributed by atoms with Crippen molar-refractivity contribution in [1.82, 2.24) is 10.1 Å². The highest BCUT2D eigenvalue weighted by atomic mass is 127. The first-order valence-corrected chi connectivity index (χ1v) is 5.38. The molecule has 0 saturated heterocycles. The van der Waals surface area contributed by atoms with Gasteiger partial charge in [0.25, 0.3) is 5.89 Å². The van der Waals surface area contributed by atoms with E-state index in [0.29, 0.717) is 10.6 Å². The second-order valence-corrected chi connectivity index (χ2v) is 4.22. The summed E-state index contributed by atoms with van der Waals surface area (Å²) in [6.45, 7) is 0. The van der Waals surface area contributed by atoms with Gasteiger partial charge in [0.1, 0.15) is 0 Å². The number of halogens is 2. The monoisotopic (exact) mass is 350 g/mol. The van der Waals surface area contributed by atoms with E-state index in [2.05, 4.69) is 48.7 Å². The van der Waals surface area contributed by atoms with Gasteiger partial charge in [-0.25, -0.2) is 0 Å². The van der Waals surface area contributed by atoms with Gasteiger partial charge in [-0.3, -0.25) is 0 Å².